The van der Waals surface area contributed by atoms with Crippen molar-refractivity contribution in [1.82, 2.24) is 9.72 Å². The Kier molecular flexibility index (Phi) is 4.07. The number of benzene rings is 1. The van der Waals surface area contributed by atoms with Crippen LogP contribution in [0.25, 0.3) is 10.2 Å². The van der Waals surface area contributed by atoms with Gasteiger partial charge < -0.3 is 13.8 Å². The summed E-state index contributed by atoms with van der Waals surface area (Å²) in [5, 5.41) is 3.49. The Hall–Kier alpha value is -2.74. The second kappa shape index (κ2) is 6.17. The molecule has 2 aromatic heterocycles. The lowest BCUT2D eigenvalue weighted by Crippen LogP contribution is -2.13. The molecule has 1 amide bonds. The zero-order valence-corrected chi connectivity index (χ0v) is 13.3. The van der Waals surface area contributed by atoms with Gasteiger partial charge in [-0.1, -0.05) is 16.5 Å². The minimum Gasteiger partial charge on any atom is -0.462 e. The normalized spacial score (nSPS) is 11.8. The molecule has 0 aliphatic heterocycles. The molecular formula is C15H13N3O4S. The summed E-state index contributed by atoms with van der Waals surface area (Å²) >= 11 is 1.30. The zero-order chi connectivity index (χ0) is 16.4. The van der Waals surface area contributed by atoms with E-state index in [0.29, 0.717) is 17.0 Å². The van der Waals surface area contributed by atoms with E-state index < -0.39 is 5.91 Å². The smallest absolute Gasteiger partial charge is 0.338 e. The Morgan fingerprint density at radius 1 is 1.39 bits per heavy atom. The number of amides is 1. The quantitative estimate of drug-likeness (QED) is 0.686. The van der Waals surface area contributed by atoms with E-state index in [4.69, 9.17) is 9.26 Å². The minimum atomic E-state index is -0.504. The third-order valence-electron chi connectivity index (χ3n) is 3.17. The Bertz CT molecular complexity index is 937. The summed E-state index contributed by atoms with van der Waals surface area (Å²) in [6, 6.07) is 6.68. The van der Waals surface area contributed by atoms with Crippen LogP contribution in [0.4, 0.5) is 0 Å². The molecule has 7 nitrogen and oxygen atoms in total. The predicted octanol–water partition coefficient (Wildman–Crippen LogP) is 2.15. The topological polar surface area (TPSA) is 86.7 Å². The second-order valence-electron chi connectivity index (χ2n) is 4.64. The molecule has 118 valence electrons. The van der Waals surface area contributed by atoms with Gasteiger partial charge in [-0.25, -0.2) is 4.79 Å². The summed E-state index contributed by atoms with van der Waals surface area (Å²) < 4.78 is 12.4. The zero-order valence-electron chi connectivity index (χ0n) is 12.5. The lowest BCUT2D eigenvalue weighted by molar-refractivity contribution is 0.0526. The van der Waals surface area contributed by atoms with Crippen LogP contribution in [0, 0.1) is 0 Å². The highest BCUT2D eigenvalue weighted by atomic mass is 32.1. The SMILES string of the molecule is CCOC(=O)c1ccc2c(c1)sc(=NC(=O)c1ccno1)n2C. The molecule has 0 saturated heterocycles. The van der Waals surface area contributed by atoms with Gasteiger partial charge in [0.05, 0.1) is 28.6 Å². The first-order valence-corrected chi connectivity index (χ1v) is 7.68. The van der Waals surface area contributed by atoms with Crippen LogP contribution in [0.15, 0.2) is 40.0 Å². The molecular weight excluding hydrogens is 318 g/mol. The molecule has 23 heavy (non-hydrogen) atoms. The molecule has 1 aromatic carbocycles. The molecule has 0 fully saturated rings. The highest BCUT2D eigenvalue weighted by Gasteiger charge is 2.12. The van der Waals surface area contributed by atoms with Gasteiger partial charge in [-0.2, -0.15) is 4.99 Å². The van der Waals surface area contributed by atoms with Crippen molar-refractivity contribution in [3.63, 3.8) is 0 Å². The first-order chi connectivity index (χ1) is 11.1. The lowest BCUT2D eigenvalue weighted by atomic mass is 10.2. The van der Waals surface area contributed by atoms with Gasteiger partial charge in [-0.05, 0) is 25.1 Å². The fraction of sp³-hybridized carbons (Fsp3) is 0.200. The summed E-state index contributed by atoms with van der Waals surface area (Å²) in [7, 11) is 1.80. The molecule has 0 unspecified atom stereocenters. The van der Waals surface area contributed by atoms with Gasteiger partial charge in [0.1, 0.15) is 0 Å². The standard InChI is InChI=1S/C15H13N3O4S/c1-3-21-14(20)9-4-5-10-12(8-9)23-15(18(10)2)17-13(19)11-6-7-16-22-11/h4-8H,3H2,1-2H3. The first-order valence-electron chi connectivity index (χ1n) is 6.86. The molecule has 0 aliphatic rings. The van der Waals surface area contributed by atoms with Crippen LogP contribution in [0.3, 0.4) is 0 Å². The average molecular weight is 331 g/mol. The van der Waals surface area contributed by atoms with E-state index in [9.17, 15) is 9.59 Å². The summed E-state index contributed by atoms with van der Waals surface area (Å²) in [5.41, 5.74) is 1.33. The van der Waals surface area contributed by atoms with Crippen molar-refractivity contribution < 1.29 is 18.8 Å². The van der Waals surface area contributed by atoms with E-state index in [0.717, 1.165) is 10.2 Å². The number of aryl methyl sites for hydroxylation is 1. The van der Waals surface area contributed by atoms with Crippen molar-refractivity contribution in [3.8, 4) is 0 Å². The number of aromatic nitrogens is 2. The van der Waals surface area contributed by atoms with Crippen LogP contribution < -0.4 is 4.80 Å². The van der Waals surface area contributed by atoms with Crippen molar-refractivity contribution in [2.75, 3.05) is 6.61 Å². The number of ether oxygens (including phenoxy) is 1. The van der Waals surface area contributed by atoms with Gasteiger partial charge in [0.25, 0.3) is 0 Å². The third kappa shape index (κ3) is 2.93. The van der Waals surface area contributed by atoms with Gasteiger partial charge in [0.15, 0.2) is 4.80 Å². The van der Waals surface area contributed by atoms with Gasteiger partial charge >= 0.3 is 11.9 Å². The average Bonchev–Trinajstić information content (AvgIpc) is 3.17. The van der Waals surface area contributed by atoms with Crippen molar-refractivity contribution in [2.24, 2.45) is 12.0 Å². The maximum atomic E-state index is 12.0. The van der Waals surface area contributed by atoms with Crippen LogP contribution in [0.1, 0.15) is 27.8 Å². The number of esters is 1. The summed E-state index contributed by atoms with van der Waals surface area (Å²) in [6.07, 6.45) is 1.39. The fourth-order valence-electron chi connectivity index (χ4n) is 2.05. The molecule has 0 saturated carbocycles. The van der Waals surface area contributed by atoms with Gasteiger partial charge in [0.2, 0.25) is 5.76 Å². The Morgan fingerprint density at radius 2 is 2.22 bits per heavy atom. The number of thiazole rings is 1. The Balaban J connectivity index is 2.04. The molecule has 3 rings (SSSR count). The maximum absolute atomic E-state index is 12.0. The number of rotatable bonds is 3. The van der Waals surface area contributed by atoms with E-state index in [-0.39, 0.29) is 11.7 Å². The molecule has 0 radical (unpaired) electrons. The number of hydrogen-bond donors (Lipinski definition) is 0. The van der Waals surface area contributed by atoms with Crippen LogP contribution in [0.2, 0.25) is 0 Å². The highest BCUT2D eigenvalue weighted by molar-refractivity contribution is 7.16. The molecule has 0 N–H and O–H groups in total. The number of carbonyl (C=O) groups excluding carboxylic acids is 2. The number of nitrogens with zero attached hydrogens (tertiary/aromatic N) is 3. The fourth-order valence-corrected chi connectivity index (χ4v) is 3.11. The number of fused-ring (bicyclic) bond motifs is 1. The van der Waals surface area contributed by atoms with Crippen LogP contribution in [0.5, 0.6) is 0 Å². The summed E-state index contributed by atoms with van der Waals surface area (Å²) in [6.45, 7) is 2.08. The van der Waals surface area contributed by atoms with Crippen molar-refractivity contribution >= 4 is 33.4 Å². The Morgan fingerprint density at radius 3 is 2.91 bits per heavy atom. The molecule has 0 aliphatic carbocycles. The van der Waals surface area contributed by atoms with Crippen molar-refractivity contribution in [1.29, 1.82) is 0 Å². The van der Waals surface area contributed by atoms with Crippen molar-refractivity contribution in [3.05, 3.63) is 46.6 Å². The summed E-state index contributed by atoms with van der Waals surface area (Å²) in [5.74, 6) is -0.799. The molecule has 8 heteroatoms. The number of hydrogen-bond acceptors (Lipinski definition) is 6. The molecule has 3 aromatic rings. The van der Waals surface area contributed by atoms with Crippen LogP contribution in [-0.2, 0) is 11.8 Å². The van der Waals surface area contributed by atoms with Crippen LogP contribution in [-0.4, -0.2) is 28.2 Å². The van der Waals surface area contributed by atoms with E-state index in [1.54, 1.807) is 36.7 Å². The maximum Gasteiger partial charge on any atom is 0.338 e. The third-order valence-corrected chi connectivity index (χ3v) is 4.26. The minimum absolute atomic E-state index is 0.0784. The summed E-state index contributed by atoms with van der Waals surface area (Å²) in [4.78, 5) is 28.3. The lowest BCUT2D eigenvalue weighted by Gasteiger charge is -2.01. The molecule has 0 atom stereocenters. The monoisotopic (exact) mass is 331 g/mol. The highest BCUT2D eigenvalue weighted by Crippen LogP contribution is 2.19. The van der Waals surface area contributed by atoms with E-state index in [1.165, 1.54) is 23.6 Å². The van der Waals surface area contributed by atoms with Gasteiger partial charge in [0, 0.05) is 13.1 Å². The second-order valence-corrected chi connectivity index (χ2v) is 5.65. The first kappa shape index (κ1) is 15.2. The largest absolute Gasteiger partial charge is 0.462 e. The van der Waals surface area contributed by atoms with Gasteiger partial charge in [-0.3, -0.25) is 4.79 Å². The molecule has 0 bridgehead atoms. The predicted molar refractivity (Wildman–Crippen MR) is 83.1 cm³/mol. The van der Waals surface area contributed by atoms with Crippen LogP contribution >= 0.6 is 11.3 Å². The van der Waals surface area contributed by atoms with Crippen molar-refractivity contribution in [2.45, 2.75) is 6.92 Å². The molecule has 2 heterocycles. The van der Waals surface area contributed by atoms with Gasteiger partial charge in [-0.15, -0.1) is 0 Å². The Labute approximate surface area is 134 Å². The van der Waals surface area contributed by atoms with E-state index >= 15 is 0 Å². The molecule has 0 spiro atoms. The van der Waals surface area contributed by atoms with E-state index in [2.05, 4.69) is 10.1 Å². The number of carbonyl (C=O) groups is 2. The van der Waals surface area contributed by atoms with E-state index in [1.807, 2.05) is 0 Å².